The van der Waals surface area contributed by atoms with Gasteiger partial charge in [0.15, 0.2) is 0 Å². The Balaban J connectivity index is 2.17. The van der Waals surface area contributed by atoms with E-state index in [0.29, 0.717) is 5.03 Å². The van der Waals surface area contributed by atoms with Crippen LogP contribution in [0, 0.1) is 0 Å². The Kier molecular flexibility index (Phi) is 3.10. The van der Waals surface area contributed by atoms with Gasteiger partial charge in [0.1, 0.15) is 5.03 Å². The highest BCUT2D eigenvalue weighted by molar-refractivity contribution is 7.85. The van der Waals surface area contributed by atoms with Crippen LogP contribution in [0.15, 0.2) is 17.3 Å². The molecule has 0 spiro atoms. The maximum Gasteiger partial charge on any atom is 0.223 e. The maximum absolute atomic E-state index is 11.9. The van der Waals surface area contributed by atoms with Crippen LogP contribution in [0.25, 0.3) is 0 Å². The number of rotatable bonds is 2. The molecule has 14 heavy (non-hydrogen) atoms. The lowest BCUT2D eigenvalue weighted by molar-refractivity contribution is 0.669. The monoisotopic (exact) mass is 231 g/mol. The number of hydrogen-bond donors (Lipinski definition) is 1. The molecule has 0 bridgehead atoms. The lowest BCUT2D eigenvalue weighted by atomic mass is 10.4. The highest BCUT2D eigenvalue weighted by atomic mass is 35.5. The van der Waals surface area contributed by atoms with Gasteiger partial charge in [0.05, 0.1) is 16.0 Å². The zero-order chi connectivity index (χ0) is 9.97. The predicted octanol–water partition coefficient (Wildman–Crippen LogP) is 0.599. The molecule has 0 aliphatic carbocycles. The van der Waals surface area contributed by atoms with Gasteiger partial charge in [-0.2, -0.15) is 0 Å². The molecule has 2 atom stereocenters. The van der Waals surface area contributed by atoms with Gasteiger partial charge in [-0.15, -0.1) is 0 Å². The molecule has 6 heteroatoms. The molecule has 0 radical (unpaired) electrons. The lowest BCUT2D eigenvalue weighted by Gasteiger charge is -2.06. The summed E-state index contributed by atoms with van der Waals surface area (Å²) >= 11 is 5.62. The molecule has 2 heterocycles. The number of hydrogen-bond acceptors (Lipinski definition) is 4. The van der Waals surface area contributed by atoms with E-state index >= 15 is 0 Å². The van der Waals surface area contributed by atoms with Gasteiger partial charge in [-0.1, -0.05) is 0 Å². The van der Waals surface area contributed by atoms with Gasteiger partial charge in [0.2, 0.25) is 5.28 Å². The fourth-order valence-corrected chi connectivity index (χ4v) is 2.92. The van der Waals surface area contributed by atoms with Crippen LogP contribution in [-0.2, 0) is 10.8 Å². The first kappa shape index (κ1) is 10.0. The number of aromatic nitrogens is 2. The van der Waals surface area contributed by atoms with Crippen LogP contribution in [-0.4, -0.2) is 32.5 Å². The van der Waals surface area contributed by atoms with E-state index in [4.69, 9.17) is 11.6 Å². The normalized spacial score (nSPS) is 23.6. The summed E-state index contributed by atoms with van der Waals surface area (Å²) in [7, 11) is -1.07. The quantitative estimate of drug-likeness (QED) is 0.598. The van der Waals surface area contributed by atoms with Crippen molar-refractivity contribution in [2.75, 3.05) is 13.1 Å². The molecule has 76 valence electrons. The van der Waals surface area contributed by atoms with Gasteiger partial charge in [0, 0.05) is 12.7 Å². The Bertz CT molecular complexity index is 354. The van der Waals surface area contributed by atoms with Crippen molar-refractivity contribution in [3.63, 3.8) is 0 Å². The van der Waals surface area contributed by atoms with Crippen molar-refractivity contribution in [3.05, 3.63) is 17.5 Å². The van der Waals surface area contributed by atoms with Crippen LogP contribution in [0.1, 0.15) is 6.42 Å². The first-order valence-electron chi connectivity index (χ1n) is 4.37. The Morgan fingerprint density at radius 2 is 2.50 bits per heavy atom. The van der Waals surface area contributed by atoms with Crippen molar-refractivity contribution in [1.29, 1.82) is 0 Å². The van der Waals surface area contributed by atoms with E-state index in [9.17, 15) is 4.21 Å². The van der Waals surface area contributed by atoms with E-state index in [-0.39, 0.29) is 10.5 Å². The van der Waals surface area contributed by atoms with Crippen molar-refractivity contribution in [2.45, 2.75) is 16.7 Å². The molecule has 1 saturated heterocycles. The maximum atomic E-state index is 11.9. The van der Waals surface area contributed by atoms with E-state index in [1.807, 2.05) is 0 Å². The molecule has 2 rings (SSSR count). The van der Waals surface area contributed by atoms with Crippen LogP contribution in [0.4, 0.5) is 0 Å². The summed E-state index contributed by atoms with van der Waals surface area (Å²) in [6.07, 6.45) is 2.46. The topological polar surface area (TPSA) is 54.9 Å². The molecule has 1 aromatic rings. The fraction of sp³-hybridized carbons (Fsp3) is 0.500. The van der Waals surface area contributed by atoms with Gasteiger partial charge in [-0.3, -0.25) is 4.21 Å². The Morgan fingerprint density at radius 1 is 1.64 bits per heavy atom. The van der Waals surface area contributed by atoms with E-state index in [0.717, 1.165) is 19.5 Å². The number of halogens is 1. The van der Waals surface area contributed by atoms with Crippen molar-refractivity contribution >= 4 is 22.4 Å². The molecule has 4 nitrogen and oxygen atoms in total. The van der Waals surface area contributed by atoms with Crippen LogP contribution in [0.3, 0.4) is 0 Å². The molecule has 1 aliphatic heterocycles. The summed E-state index contributed by atoms with van der Waals surface area (Å²) in [6, 6.07) is 1.65. The smallest absolute Gasteiger partial charge is 0.223 e. The molecule has 1 aromatic heterocycles. The summed E-state index contributed by atoms with van der Waals surface area (Å²) in [5.74, 6) is 0. The second kappa shape index (κ2) is 4.33. The van der Waals surface area contributed by atoms with Crippen molar-refractivity contribution in [3.8, 4) is 0 Å². The molecule has 1 fully saturated rings. The predicted molar refractivity (Wildman–Crippen MR) is 54.7 cm³/mol. The van der Waals surface area contributed by atoms with E-state index in [1.54, 1.807) is 6.07 Å². The zero-order valence-corrected chi connectivity index (χ0v) is 9.01. The minimum Gasteiger partial charge on any atom is -0.315 e. The van der Waals surface area contributed by atoms with Crippen molar-refractivity contribution in [2.24, 2.45) is 0 Å². The zero-order valence-electron chi connectivity index (χ0n) is 7.44. The third-order valence-corrected chi connectivity index (χ3v) is 3.95. The van der Waals surface area contributed by atoms with Crippen LogP contribution in [0.5, 0.6) is 0 Å². The van der Waals surface area contributed by atoms with Gasteiger partial charge >= 0.3 is 0 Å². The molecule has 1 aliphatic rings. The molecule has 1 unspecified atom stereocenters. The standard InChI is InChI=1S/C8H10ClN3OS/c9-8-11-4-2-7(12-8)14(13)6-1-3-10-5-6/h2,4,6,10H,1,3,5H2/t6-,14?/m0/s1. The van der Waals surface area contributed by atoms with Crippen LogP contribution < -0.4 is 5.32 Å². The first-order valence-corrected chi connectivity index (χ1v) is 5.96. The van der Waals surface area contributed by atoms with Crippen molar-refractivity contribution < 1.29 is 4.21 Å². The van der Waals surface area contributed by atoms with Gasteiger partial charge in [0.25, 0.3) is 0 Å². The molecule has 0 saturated carbocycles. The average molecular weight is 232 g/mol. The van der Waals surface area contributed by atoms with E-state index in [2.05, 4.69) is 15.3 Å². The molecule has 0 amide bonds. The van der Waals surface area contributed by atoms with Gasteiger partial charge in [-0.25, -0.2) is 9.97 Å². The summed E-state index contributed by atoms with van der Waals surface area (Å²) in [5.41, 5.74) is 0. The van der Waals surface area contributed by atoms with Crippen molar-refractivity contribution in [1.82, 2.24) is 15.3 Å². The third-order valence-electron chi connectivity index (χ3n) is 2.12. The Hall–Kier alpha value is -0.520. The summed E-state index contributed by atoms with van der Waals surface area (Å²) in [6.45, 7) is 1.71. The van der Waals surface area contributed by atoms with Crippen LogP contribution >= 0.6 is 11.6 Å². The summed E-state index contributed by atoms with van der Waals surface area (Å²) in [5, 5.41) is 4.00. The van der Waals surface area contributed by atoms with E-state index < -0.39 is 10.8 Å². The lowest BCUT2D eigenvalue weighted by Crippen LogP contribution is -2.19. The number of nitrogens with zero attached hydrogens (tertiary/aromatic N) is 2. The fourth-order valence-electron chi connectivity index (χ4n) is 1.41. The number of nitrogens with one attached hydrogen (secondary N) is 1. The summed E-state index contributed by atoms with van der Waals surface area (Å²) < 4.78 is 11.9. The highest BCUT2D eigenvalue weighted by Crippen LogP contribution is 2.14. The average Bonchev–Trinajstić information content (AvgIpc) is 2.69. The molecule has 0 aromatic carbocycles. The SMILES string of the molecule is O=S(c1ccnc(Cl)n1)[C@H]1CCNC1. The van der Waals surface area contributed by atoms with Crippen LogP contribution in [0.2, 0.25) is 5.28 Å². The minimum absolute atomic E-state index is 0.154. The molecular formula is C8H10ClN3OS. The highest BCUT2D eigenvalue weighted by Gasteiger charge is 2.23. The summed E-state index contributed by atoms with van der Waals surface area (Å²) in [4.78, 5) is 7.70. The second-order valence-electron chi connectivity index (χ2n) is 3.08. The molecule has 1 N–H and O–H groups in total. The van der Waals surface area contributed by atoms with Gasteiger partial charge in [-0.05, 0) is 30.6 Å². The minimum atomic E-state index is -1.07. The second-order valence-corrected chi connectivity index (χ2v) is 5.09. The Labute approximate surface area is 89.6 Å². The third kappa shape index (κ3) is 2.10. The first-order chi connectivity index (χ1) is 6.77. The molecular weight excluding hydrogens is 222 g/mol. The van der Waals surface area contributed by atoms with E-state index in [1.165, 1.54) is 6.20 Å². The largest absolute Gasteiger partial charge is 0.315 e. The van der Waals surface area contributed by atoms with Gasteiger partial charge < -0.3 is 5.32 Å². The Morgan fingerprint density at radius 3 is 3.14 bits per heavy atom.